The van der Waals surface area contributed by atoms with Gasteiger partial charge in [-0.1, -0.05) is 188 Å². The number of aryl methyl sites for hydroxylation is 2. The van der Waals surface area contributed by atoms with E-state index < -0.39 is 0 Å². The first kappa shape index (κ1) is 45.3. The van der Waals surface area contributed by atoms with Gasteiger partial charge in [-0.25, -0.2) is 0 Å². The van der Waals surface area contributed by atoms with Gasteiger partial charge in [0.1, 0.15) is 0 Å². The molecule has 0 saturated heterocycles. The molecule has 0 saturated carbocycles. The van der Waals surface area contributed by atoms with Crippen LogP contribution in [0.25, 0.3) is 43.8 Å². The van der Waals surface area contributed by atoms with Crippen molar-refractivity contribution in [2.45, 2.75) is 72.1 Å². The fourth-order valence-corrected chi connectivity index (χ4v) is 7.69. The number of hydrogen-bond acceptors (Lipinski definition) is 0. The molecule has 290 valence electrons. The first-order valence-electron chi connectivity index (χ1n) is 19.3. The van der Waals surface area contributed by atoms with Crippen LogP contribution in [-0.4, -0.2) is 6.88 Å². The van der Waals surface area contributed by atoms with Crippen LogP contribution < -0.4 is 0 Å². The van der Waals surface area contributed by atoms with Gasteiger partial charge in [0, 0.05) is 5.92 Å². The van der Waals surface area contributed by atoms with Crippen LogP contribution >= 0.6 is 0 Å². The van der Waals surface area contributed by atoms with E-state index in [0.717, 1.165) is 0 Å². The average Bonchev–Trinajstić information content (AvgIpc) is 3.80. The molecule has 2 heteroatoms. The molecule has 0 nitrogen and oxygen atoms in total. The number of rotatable bonds is 5. The Labute approximate surface area is 361 Å². The van der Waals surface area contributed by atoms with Crippen molar-refractivity contribution in [1.82, 2.24) is 0 Å². The van der Waals surface area contributed by atoms with Crippen molar-refractivity contribution in [3.63, 3.8) is 0 Å². The van der Waals surface area contributed by atoms with Gasteiger partial charge in [0.2, 0.25) is 0 Å². The molecule has 0 aliphatic carbocycles. The molecule has 8 aromatic carbocycles. The summed E-state index contributed by atoms with van der Waals surface area (Å²) in [6, 6.07) is 60.3. The summed E-state index contributed by atoms with van der Waals surface area (Å²) in [6.45, 7) is 21.0. The minimum atomic E-state index is 0. The molecule has 2 radical (unpaired) electrons. The third kappa shape index (κ3) is 10.4. The Morgan fingerprint density at radius 3 is 1.44 bits per heavy atom. The molecule has 0 unspecified atom stereocenters. The summed E-state index contributed by atoms with van der Waals surface area (Å²) in [5.74, 6) is 0.223. The quantitative estimate of drug-likeness (QED) is 0.120. The van der Waals surface area contributed by atoms with Crippen LogP contribution in [0.1, 0.15) is 86.4 Å². The fraction of sp³-hybridized carbons (Fsp3) is 0.200. The predicted octanol–water partition coefficient (Wildman–Crippen LogP) is 15.4. The molecule has 0 spiro atoms. The first-order chi connectivity index (χ1) is 26.4. The normalized spacial score (nSPS) is 11.2. The topological polar surface area (TPSA) is 0 Å². The molecule has 8 rings (SSSR count). The Morgan fingerprint density at radius 1 is 0.491 bits per heavy atom. The minimum absolute atomic E-state index is 0. The SMILES string of the molecule is CC(C)(C)c1ccc(-c2cccc3[cH-]c(C(c4ccccc4)c4ccccc4)cc23)cc1.Cc1cc2c(-c3ccc(C(C)(C)C)cc3)ccc(C)c2[cH-]1.[CH3-].[CH3-].[Si]=[Zr]. The summed E-state index contributed by atoms with van der Waals surface area (Å²) in [5.41, 5.74) is 15.0. The second-order valence-electron chi connectivity index (χ2n) is 16.8. The van der Waals surface area contributed by atoms with Crippen molar-refractivity contribution in [1.29, 1.82) is 0 Å². The summed E-state index contributed by atoms with van der Waals surface area (Å²) in [4.78, 5) is 0. The molecule has 0 amide bonds. The van der Waals surface area contributed by atoms with E-state index in [0.29, 0.717) is 0 Å². The standard InChI is InChI=1S/C32H29.C21H23.2CH3.Si.Zr/c1-32(2,3)28-19-17-23(18-20-28)29-16-10-15-26-21-27(22-30(26)29)31(24-11-6-4-7-12-24)25-13-8-5-9-14-25;1-14-12-19-15(2)6-11-18(20(19)13-14)16-7-9-17(10-8-16)21(3,4)5;;;;/h4-22,31H,1-3H3;6-13H,1-5H3;2*1H3;;/q4*-1;;. The Morgan fingerprint density at radius 2 is 0.965 bits per heavy atom. The fourth-order valence-electron chi connectivity index (χ4n) is 7.69. The summed E-state index contributed by atoms with van der Waals surface area (Å²) in [7, 11) is 0. The number of hydrogen-bond donors (Lipinski definition) is 0. The van der Waals surface area contributed by atoms with E-state index in [1.807, 2.05) is 0 Å². The average molecular weight is 838 g/mol. The molecule has 0 bridgehead atoms. The van der Waals surface area contributed by atoms with Crippen LogP contribution in [0.2, 0.25) is 0 Å². The van der Waals surface area contributed by atoms with Crippen LogP contribution in [0.3, 0.4) is 0 Å². The summed E-state index contributed by atoms with van der Waals surface area (Å²) >= 11 is 1.36. The van der Waals surface area contributed by atoms with E-state index in [1.54, 1.807) is 0 Å². The molecule has 0 aliphatic heterocycles. The molecule has 0 heterocycles. The van der Waals surface area contributed by atoms with Gasteiger partial charge in [0.15, 0.2) is 0 Å². The zero-order valence-corrected chi connectivity index (χ0v) is 39.1. The van der Waals surface area contributed by atoms with Crippen molar-refractivity contribution in [2.75, 3.05) is 0 Å². The van der Waals surface area contributed by atoms with E-state index in [2.05, 4.69) is 226 Å². The monoisotopic (exact) mass is 836 g/mol. The van der Waals surface area contributed by atoms with Crippen LogP contribution in [-0.2, 0) is 34.2 Å². The van der Waals surface area contributed by atoms with Crippen molar-refractivity contribution in [3.05, 3.63) is 218 Å². The molecule has 0 N–H and O–H groups in total. The van der Waals surface area contributed by atoms with E-state index in [1.165, 1.54) is 106 Å². The molecule has 0 atom stereocenters. The molecular formula is C55H58SiZr-4. The van der Waals surface area contributed by atoms with E-state index in [4.69, 9.17) is 0 Å². The molecule has 0 aliphatic rings. The number of fused-ring (bicyclic) bond motifs is 2. The second-order valence-corrected chi connectivity index (χ2v) is 16.8. The van der Waals surface area contributed by atoms with Gasteiger partial charge in [-0.3, -0.25) is 0 Å². The molecular weight excluding hydrogens is 780 g/mol. The third-order valence-corrected chi connectivity index (χ3v) is 10.7. The van der Waals surface area contributed by atoms with E-state index in [-0.39, 0.29) is 31.6 Å². The third-order valence-electron chi connectivity index (χ3n) is 10.7. The first-order valence-corrected chi connectivity index (χ1v) is 23.5. The van der Waals surface area contributed by atoms with Crippen LogP contribution in [0.5, 0.6) is 0 Å². The van der Waals surface area contributed by atoms with Crippen LogP contribution in [0.4, 0.5) is 0 Å². The zero-order chi connectivity index (χ0) is 39.3. The maximum absolute atomic E-state index is 3.06. The van der Waals surface area contributed by atoms with Crippen LogP contribution in [0, 0.1) is 28.7 Å². The summed E-state index contributed by atoms with van der Waals surface area (Å²) in [5, 5.41) is 5.37. The Kier molecular flexibility index (Phi) is 15.4. The molecule has 0 aromatic heterocycles. The van der Waals surface area contributed by atoms with Crippen molar-refractivity contribution in [3.8, 4) is 22.3 Å². The summed E-state index contributed by atoms with van der Waals surface area (Å²) < 4.78 is 0. The van der Waals surface area contributed by atoms with Gasteiger partial charge in [0.25, 0.3) is 0 Å². The predicted molar refractivity (Wildman–Crippen MR) is 249 cm³/mol. The van der Waals surface area contributed by atoms with Crippen molar-refractivity contribution in [2.24, 2.45) is 0 Å². The molecule has 8 aromatic rings. The van der Waals surface area contributed by atoms with Gasteiger partial charge < -0.3 is 14.9 Å². The Balaban J connectivity index is 0.000000252. The van der Waals surface area contributed by atoms with E-state index in [9.17, 15) is 0 Å². The second kappa shape index (κ2) is 19.4. The number of benzene rings is 6. The van der Waals surface area contributed by atoms with Gasteiger partial charge in [-0.15, -0.1) is 68.6 Å². The molecule has 57 heavy (non-hydrogen) atoms. The van der Waals surface area contributed by atoms with Crippen molar-refractivity contribution >= 4 is 28.4 Å². The summed E-state index contributed by atoms with van der Waals surface area (Å²) in [6.07, 6.45) is 0. The zero-order valence-electron chi connectivity index (χ0n) is 35.7. The van der Waals surface area contributed by atoms with Crippen molar-refractivity contribution < 1.29 is 23.3 Å². The van der Waals surface area contributed by atoms with Gasteiger partial charge in [0.05, 0.1) is 0 Å². The van der Waals surface area contributed by atoms with Gasteiger partial charge >= 0.3 is 30.2 Å². The maximum atomic E-state index is 3.06. The van der Waals surface area contributed by atoms with Crippen LogP contribution in [0.15, 0.2) is 164 Å². The van der Waals surface area contributed by atoms with Gasteiger partial charge in [-0.2, -0.15) is 12.1 Å². The van der Waals surface area contributed by atoms with E-state index >= 15 is 0 Å². The Hall–Kier alpha value is -4.36. The molecule has 0 fully saturated rings. The Bertz CT molecular complexity index is 2430. The van der Waals surface area contributed by atoms with Gasteiger partial charge in [-0.05, 0) is 44.2 Å².